The van der Waals surface area contributed by atoms with Crippen molar-refractivity contribution in [3.05, 3.63) is 58.3 Å². The van der Waals surface area contributed by atoms with E-state index in [2.05, 4.69) is 0 Å². The summed E-state index contributed by atoms with van der Waals surface area (Å²) in [7, 11) is 0. The van der Waals surface area contributed by atoms with Gasteiger partial charge >= 0.3 is 0 Å². The second kappa shape index (κ2) is 5.18. The minimum atomic E-state index is -2.06. The monoisotopic (exact) mass is 300 g/mol. The van der Waals surface area contributed by atoms with Gasteiger partial charge in [-0.25, -0.2) is 0 Å². The van der Waals surface area contributed by atoms with Crippen molar-refractivity contribution in [3.8, 4) is 22.8 Å². The Bertz CT molecular complexity index is 896. The first-order valence-electron chi connectivity index (χ1n) is 6.43. The maximum Gasteiger partial charge on any atom is 0.197 e. The van der Waals surface area contributed by atoms with Gasteiger partial charge in [0.2, 0.25) is 0 Å². The minimum Gasteiger partial charge on any atom is -0.507 e. The quantitative estimate of drug-likeness (QED) is 0.537. The van der Waals surface area contributed by atoms with Gasteiger partial charge in [0.15, 0.2) is 17.3 Å². The van der Waals surface area contributed by atoms with E-state index in [1.165, 1.54) is 6.07 Å². The molecule has 6 nitrogen and oxygen atoms in total. The number of rotatable bonds is 2. The van der Waals surface area contributed by atoms with Gasteiger partial charge in [0.05, 0.1) is 5.56 Å². The molecule has 0 bridgehead atoms. The summed E-state index contributed by atoms with van der Waals surface area (Å²) < 4.78 is 5.54. The molecule has 22 heavy (non-hydrogen) atoms. The summed E-state index contributed by atoms with van der Waals surface area (Å²) >= 11 is 0. The first kappa shape index (κ1) is 14.1. The Labute approximate surface area is 124 Å². The van der Waals surface area contributed by atoms with Crippen LogP contribution in [-0.2, 0) is 0 Å². The van der Waals surface area contributed by atoms with Crippen LogP contribution in [0.5, 0.6) is 11.5 Å². The maximum atomic E-state index is 12.2. The summed E-state index contributed by atoms with van der Waals surface area (Å²) in [6.07, 6.45) is -2.06. The van der Waals surface area contributed by atoms with Crippen LogP contribution in [-0.4, -0.2) is 20.4 Å². The van der Waals surface area contributed by atoms with Crippen molar-refractivity contribution >= 4 is 11.0 Å². The molecule has 0 amide bonds. The zero-order chi connectivity index (χ0) is 15.9. The van der Waals surface area contributed by atoms with Crippen molar-refractivity contribution in [2.75, 3.05) is 0 Å². The Morgan fingerprint density at radius 3 is 2.27 bits per heavy atom. The molecule has 4 N–H and O–H groups in total. The fraction of sp³-hybridized carbons (Fsp3) is 0.0625. The lowest BCUT2D eigenvalue weighted by Gasteiger charge is -2.12. The lowest BCUT2D eigenvalue weighted by molar-refractivity contribution is -0.0433. The Kier molecular flexibility index (Phi) is 3.32. The van der Waals surface area contributed by atoms with Crippen LogP contribution in [0.15, 0.2) is 51.7 Å². The lowest BCUT2D eigenvalue weighted by atomic mass is 10.1. The van der Waals surface area contributed by atoms with Gasteiger partial charge < -0.3 is 24.8 Å². The van der Waals surface area contributed by atoms with Gasteiger partial charge in [0, 0.05) is 17.7 Å². The van der Waals surface area contributed by atoms with Crippen LogP contribution in [0.3, 0.4) is 0 Å². The van der Waals surface area contributed by atoms with Crippen molar-refractivity contribution in [2.45, 2.75) is 6.29 Å². The van der Waals surface area contributed by atoms with Crippen molar-refractivity contribution in [1.29, 1.82) is 0 Å². The number of aliphatic hydroxyl groups excluding tert-OH is 1. The molecule has 1 heterocycles. The molecule has 0 unspecified atom stereocenters. The van der Waals surface area contributed by atoms with Crippen molar-refractivity contribution in [2.24, 2.45) is 0 Å². The molecule has 0 aliphatic heterocycles. The Morgan fingerprint density at radius 2 is 1.64 bits per heavy atom. The van der Waals surface area contributed by atoms with E-state index >= 15 is 0 Å². The predicted molar refractivity (Wildman–Crippen MR) is 78.4 cm³/mol. The van der Waals surface area contributed by atoms with Crippen molar-refractivity contribution in [1.82, 2.24) is 0 Å². The Balaban J connectivity index is 2.42. The average Bonchev–Trinajstić information content (AvgIpc) is 2.46. The third kappa shape index (κ3) is 2.20. The summed E-state index contributed by atoms with van der Waals surface area (Å²) in [4.78, 5) is 12.2. The van der Waals surface area contributed by atoms with E-state index in [1.54, 1.807) is 30.3 Å². The fourth-order valence-electron chi connectivity index (χ4n) is 2.32. The summed E-state index contributed by atoms with van der Waals surface area (Å²) in [6.45, 7) is 0. The molecule has 3 rings (SSSR count). The smallest absolute Gasteiger partial charge is 0.197 e. The normalized spacial score (nSPS) is 11.2. The van der Waals surface area contributed by atoms with Gasteiger partial charge in [-0.3, -0.25) is 4.79 Å². The molecule has 1 aromatic heterocycles. The molecular formula is C16H12O6. The number of aliphatic hydroxyl groups is 2. The molecule has 0 saturated carbocycles. The Morgan fingerprint density at radius 1 is 0.955 bits per heavy atom. The molecule has 112 valence electrons. The largest absolute Gasteiger partial charge is 0.507 e. The average molecular weight is 300 g/mol. The number of hydrogen-bond donors (Lipinski definition) is 4. The standard InChI is InChI=1S/C16H12O6/c17-9-6-10(18)14(16(20)21)15-13(9)11(19)7-12(22-15)8-4-2-1-3-5-8/h1-7,16-18,20-21H. The van der Waals surface area contributed by atoms with Gasteiger partial charge in [-0.2, -0.15) is 0 Å². The summed E-state index contributed by atoms with van der Waals surface area (Å²) in [5, 5.41) is 38.2. The third-order valence-electron chi connectivity index (χ3n) is 3.31. The van der Waals surface area contributed by atoms with Gasteiger partial charge in [0.25, 0.3) is 0 Å². The number of phenolic OH excluding ortho intramolecular Hbond substituents is 2. The highest BCUT2D eigenvalue weighted by Gasteiger charge is 2.21. The third-order valence-corrected chi connectivity index (χ3v) is 3.31. The van der Waals surface area contributed by atoms with Crippen LogP contribution in [0.1, 0.15) is 11.9 Å². The SMILES string of the molecule is O=c1cc(-c2ccccc2)oc2c(C(O)O)c(O)cc(O)c12. The molecular weight excluding hydrogens is 288 g/mol. The fourth-order valence-corrected chi connectivity index (χ4v) is 2.32. The van der Waals surface area contributed by atoms with Crippen LogP contribution < -0.4 is 5.43 Å². The van der Waals surface area contributed by atoms with E-state index in [0.717, 1.165) is 6.07 Å². The molecule has 0 aliphatic rings. The first-order valence-corrected chi connectivity index (χ1v) is 6.43. The zero-order valence-electron chi connectivity index (χ0n) is 11.2. The molecule has 0 radical (unpaired) electrons. The number of benzene rings is 2. The number of fused-ring (bicyclic) bond motifs is 1. The molecule has 0 saturated heterocycles. The molecule has 0 spiro atoms. The van der Waals surface area contributed by atoms with E-state index in [4.69, 9.17) is 4.42 Å². The summed E-state index contributed by atoms with van der Waals surface area (Å²) in [5.41, 5.74) is -0.594. The molecule has 0 atom stereocenters. The highest BCUT2D eigenvalue weighted by Crippen LogP contribution is 2.37. The highest BCUT2D eigenvalue weighted by molar-refractivity contribution is 5.89. The van der Waals surface area contributed by atoms with Crippen molar-refractivity contribution in [3.63, 3.8) is 0 Å². The van der Waals surface area contributed by atoms with Crippen LogP contribution >= 0.6 is 0 Å². The van der Waals surface area contributed by atoms with Crippen LogP contribution in [0.25, 0.3) is 22.3 Å². The van der Waals surface area contributed by atoms with Crippen LogP contribution in [0.4, 0.5) is 0 Å². The van der Waals surface area contributed by atoms with Crippen molar-refractivity contribution < 1.29 is 24.8 Å². The molecule has 6 heteroatoms. The van der Waals surface area contributed by atoms with E-state index in [0.29, 0.717) is 5.56 Å². The van der Waals surface area contributed by atoms with Crippen LogP contribution in [0.2, 0.25) is 0 Å². The highest BCUT2D eigenvalue weighted by atomic mass is 16.5. The van der Waals surface area contributed by atoms with E-state index in [-0.39, 0.29) is 22.3 Å². The number of hydrogen-bond acceptors (Lipinski definition) is 6. The van der Waals surface area contributed by atoms with Gasteiger partial charge in [0.1, 0.15) is 22.6 Å². The van der Waals surface area contributed by atoms with Gasteiger partial charge in [-0.05, 0) is 0 Å². The van der Waals surface area contributed by atoms with E-state index in [1.807, 2.05) is 0 Å². The Hall–Kier alpha value is -2.83. The zero-order valence-corrected chi connectivity index (χ0v) is 11.2. The van der Waals surface area contributed by atoms with Gasteiger partial charge in [-0.15, -0.1) is 0 Å². The maximum absolute atomic E-state index is 12.2. The molecule has 3 aromatic rings. The summed E-state index contributed by atoms with van der Waals surface area (Å²) in [6, 6.07) is 10.8. The molecule has 2 aromatic carbocycles. The van der Waals surface area contributed by atoms with Gasteiger partial charge in [-0.1, -0.05) is 30.3 Å². The van der Waals surface area contributed by atoms with E-state index in [9.17, 15) is 25.2 Å². The topological polar surface area (TPSA) is 111 Å². The minimum absolute atomic E-state index is 0.185. The van der Waals surface area contributed by atoms with E-state index < -0.39 is 23.2 Å². The second-order valence-electron chi connectivity index (χ2n) is 4.75. The number of aromatic hydroxyl groups is 2. The predicted octanol–water partition coefficient (Wildman–Crippen LogP) is 1.85. The molecule has 0 fully saturated rings. The molecule has 0 aliphatic carbocycles. The second-order valence-corrected chi connectivity index (χ2v) is 4.75. The lowest BCUT2D eigenvalue weighted by Crippen LogP contribution is -2.05. The summed E-state index contributed by atoms with van der Waals surface area (Å²) in [5.74, 6) is -0.886. The first-order chi connectivity index (χ1) is 10.5. The number of phenols is 2. The van der Waals surface area contributed by atoms with Crippen LogP contribution in [0, 0.1) is 0 Å².